The van der Waals surface area contributed by atoms with Crippen LogP contribution in [0.25, 0.3) is 4.96 Å². The third-order valence-electron chi connectivity index (χ3n) is 6.72. The molecule has 0 atom stereocenters. The van der Waals surface area contributed by atoms with Crippen molar-refractivity contribution in [3.8, 4) is 5.75 Å². The first-order valence-corrected chi connectivity index (χ1v) is 11.0. The Morgan fingerprint density at radius 2 is 1.70 bits per heavy atom. The van der Waals surface area contributed by atoms with Crippen molar-refractivity contribution in [1.82, 2.24) is 19.8 Å². The van der Waals surface area contributed by atoms with Crippen LogP contribution >= 0.6 is 22.9 Å². The van der Waals surface area contributed by atoms with Crippen LogP contribution < -0.4 is 4.74 Å². The van der Waals surface area contributed by atoms with Gasteiger partial charge in [-0.25, -0.2) is 0 Å². The predicted octanol–water partition coefficient (Wildman–Crippen LogP) is 4.89. The van der Waals surface area contributed by atoms with E-state index in [9.17, 15) is 0 Å². The maximum atomic E-state index is 5.93. The van der Waals surface area contributed by atoms with Gasteiger partial charge in [0.25, 0.3) is 0 Å². The highest BCUT2D eigenvalue weighted by atomic mass is 35.5. The Morgan fingerprint density at radius 1 is 1.04 bits per heavy atom. The standard InChI is InChI=1S/C20H21ClN4OS/c21-15-1-3-16(4-2-15)26-11-17-24-25-18(22-23-19(25)27-17)20-8-12-5-13(9-20)7-14(6-12)10-20/h1-4,12-14H,5-11H2. The first-order valence-electron chi connectivity index (χ1n) is 9.77. The van der Waals surface area contributed by atoms with Crippen molar-refractivity contribution in [1.29, 1.82) is 0 Å². The van der Waals surface area contributed by atoms with Gasteiger partial charge >= 0.3 is 0 Å². The summed E-state index contributed by atoms with van der Waals surface area (Å²) in [6.45, 7) is 0.440. The number of hydrogen-bond acceptors (Lipinski definition) is 5. The minimum Gasteiger partial charge on any atom is -0.486 e. The molecule has 140 valence electrons. The zero-order valence-corrected chi connectivity index (χ0v) is 16.5. The minimum absolute atomic E-state index is 0.205. The second kappa shape index (κ2) is 5.92. The fraction of sp³-hybridized carbons (Fsp3) is 0.550. The molecule has 7 rings (SSSR count). The maximum absolute atomic E-state index is 5.93. The average molecular weight is 401 g/mol. The Labute approximate surface area is 166 Å². The van der Waals surface area contributed by atoms with Gasteiger partial charge in [0, 0.05) is 10.4 Å². The largest absolute Gasteiger partial charge is 0.486 e. The second-order valence-corrected chi connectivity index (χ2v) is 10.1. The summed E-state index contributed by atoms with van der Waals surface area (Å²) in [5, 5.41) is 15.5. The fourth-order valence-corrected chi connectivity index (χ4v) is 6.98. The van der Waals surface area contributed by atoms with E-state index in [0.717, 1.165) is 39.3 Å². The molecule has 0 radical (unpaired) electrons. The summed E-state index contributed by atoms with van der Waals surface area (Å²) in [7, 11) is 0. The summed E-state index contributed by atoms with van der Waals surface area (Å²) in [4.78, 5) is 0.885. The first-order chi connectivity index (χ1) is 13.2. The first kappa shape index (κ1) is 16.3. The molecule has 0 saturated heterocycles. The highest BCUT2D eigenvalue weighted by Crippen LogP contribution is 2.60. The van der Waals surface area contributed by atoms with Crippen LogP contribution in [0, 0.1) is 17.8 Å². The molecule has 2 heterocycles. The molecular weight excluding hydrogens is 380 g/mol. The molecule has 3 aromatic rings. The Kier molecular flexibility index (Phi) is 3.57. The van der Waals surface area contributed by atoms with Gasteiger partial charge in [-0.05, 0) is 80.5 Å². The van der Waals surface area contributed by atoms with Gasteiger partial charge in [-0.15, -0.1) is 10.2 Å². The molecule has 1 aromatic carbocycles. The molecule has 4 aliphatic carbocycles. The van der Waals surface area contributed by atoms with Crippen molar-refractivity contribution >= 4 is 27.9 Å². The lowest BCUT2D eigenvalue weighted by Crippen LogP contribution is -2.49. The van der Waals surface area contributed by atoms with Crippen molar-refractivity contribution in [2.24, 2.45) is 17.8 Å². The van der Waals surface area contributed by atoms with E-state index < -0.39 is 0 Å². The lowest BCUT2D eigenvalue weighted by atomic mass is 9.49. The number of rotatable bonds is 4. The quantitative estimate of drug-likeness (QED) is 0.625. The molecule has 27 heavy (non-hydrogen) atoms. The molecule has 0 amide bonds. The summed E-state index contributed by atoms with van der Waals surface area (Å²) < 4.78 is 7.88. The van der Waals surface area contributed by atoms with E-state index in [0.29, 0.717) is 11.6 Å². The average Bonchev–Trinajstić information content (AvgIpc) is 3.20. The zero-order chi connectivity index (χ0) is 18.0. The summed E-state index contributed by atoms with van der Waals surface area (Å²) in [5.41, 5.74) is 0.205. The molecule has 2 aromatic heterocycles. The van der Waals surface area contributed by atoms with Crippen LogP contribution in [-0.4, -0.2) is 19.8 Å². The molecule has 0 unspecified atom stereocenters. The minimum atomic E-state index is 0.205. The SMILES string of the molecule is Clc1ccc(OCc2nn3c(C45CC6CC(CC(C6)C4)C5)nnc3s2)cc1. The smallest absolute Gasteiger partial charge is 0.234 e. The Bertz CT molecular complexity index is 960. The number of halogens is 1. The summed E-state index contributed by atoms with van der Waals surface area (Å²) in [6, 6.07) is 7.42. The number of fused-ring (bicyclic) bond motifs is 1. The molecular formula is C20H21ClN4OS. The molecule has 0 N–H and O–H groups in total. The predicted molar refractivity (Wildman–Crippen MR) is 104 cm³/mol. The Balaban J connectivity index is 1.28. The highest BCUT2D eigenvalue weighted by molar-refractivity contribution is 7.16. The molecule has 7 heteroatoms. The number of hydrogen-bond donors (Lipinski definition) is 0. The van der Waals surface area contributed by atoms with Crippen LogP contribution in [0.3, 0.4) is 0 Å². The number of nitrogens with zero attached hydrogens (tertiary/aromatic N) is 4. The summed E-state index contributed by atoms with van der Waals surface area (Å²) >= 11 is 7.50. The van der Waals surface area contributed by atoms with Gasteiger partial charge in [-0.1, -0.05) is 22.9 Å². The van der Waals surface area contributed by atoms with E-state index in [1.807, 2.05) is 28.8 Å². The highest BCUT2D eigenvalue weighted by Gasteiger charge is 2.54. The van der Waals surface area contributed by atoms with E-state index in [-0.39, 0.29) is 5.41 Å². The van der Waals surface area contributed by atoms with Gasteiger partial charge in [0.1, 0.15) is 12.4 Å². The monoisotopic (exact) mass is 400 g/mol. The number of benzene rings is 1. The third-order valence-corrected chi connectivity index (χ3v) is 7.85. The van der Waals surface area contributed by atoms with Crippen molar-refractivity contribution in [2.45, 2.75) is 50.5 Å². The third kappa shape index (κ3) is 2.68. The molecule has 4 bridgehead atoms. The lowest BCUT2D eigenvalue weighted by molar-refractivity contribution is -0.0103. The molecule has 4 saturated carbocycles. The number of ether oxygens (including phenoxy) is 1. The van der Waals surface area contributed by atoms with E-state index in [4.69, 9.17) is 21.4 Å². The van der Waals surface area contributed by atoms with Crippen LogP contribution in [0.15, 0.2) is 24.3 Å². The molecule has 4 aliphatic rings. The van der Waals surface area contributed by atoms with Gasteiger partial charge < -0.3 is 4.74 Å². The topological polar surface area (TPSA) is 52.3 Å². The van der Waals surface area contributed by atoms with E-state index in [2.05, 4.69) is 10.2 Å². The van der Waals surface area contributed by atoms with Gasteiger partial charge in [-0.2, -0.15) is 9.61 Å². The van der Waals surface area contributed by atoms with Crippen molar-refractivity contribution < 1.29 is 4.74 Å². The van der Waals surface area contributed by atoms with E-state index >= 15 is 0 Å². The second-order valence-electron chi connectivity index (χ2n) is 8.65. The van der Waals surface area contributed by atoms with Crippen molar-refractivity contribution in [3.05, 3.63) is 40.1 Å². The summed E-state index contributed by atoms with van der Waals surface area (Å²) in [6.07, 6.45) is 8.10. The van der Waals surface area contributed by atoms with Gasteiger partial charge in [0.15, 0.2) is 10.8 Å². The van der Waals surface area contributed by atoms with Gasteiger partial charge in [-0.3, -0.25) is 0 Å². The van der Waals surface area contributed by atoms with Crippen LogP contribution in [0.5, 0.6) is 5.75 Å². The molecule has 0 spiro atoms. The molecule has 0 aliphatic heterocycles. The van der Waals surface area contributed by atoms with Crippen molar-refractivity contribution in [3.63, 3.8) is 0 Å². The van der Waals surface area contributed by atoms with E-state index in [1.165, 1.54) is 38.5 Å². The molecule has 5 nitrogen and oxygen atoms in total. The zero-order valence-electron chi connectivity index (χ0n) is 15.0. The maximum Gasteiger partial charge on any atom is 0.234 e. The van der Waals surface area contributed by atoms with Crippen LogP contribution in [0.1, 0.15) is 49.4 Å². The van der Waals surface area contributed by atoms with Crippen LogP contribution in [0.4, 0.5) is 0 Å². The fourth-order valence-electron chi connectivity index (χ4n) is 6.11. The number of aromatic nitrogens is 4. The Hall–Kier alpha value is -1.66. The van der Waals surface area contributed by atoms with Crippen LogP contribution in [-0.2, 0) is 12.0 Å². The van der Waals surface area contributed by atoms with Crippen LogP contribution in [0.2, 0.25) is 5.02 Å². The van der Waals surface area contributed by atoms with Crippen molar-refractivity contribution in [2.75, 3.05) is 0 Å². The van der Waals surface area contributed by atoms with Gasteiger partial charge in [0.2, 0.25) is 4.96 Å². The molecule has 4 fully saturated rings. The normalized spacial score (nSPS) is 31.7. The lowest BCUT2D eigenvalue weighted by Gasteiger charge is -2.55. The Morgan fingerprint density at radius 3 is 2.37 bits per heavy atom. The van der Waals surface area contributed by atoms with Gasteiger partial charge in [0.05, 0.1) is 0 Å². The van der Waals surface area contributed by atoms with E-state index in [1.54, 1.807) is 11.3 Å². The summed E-state index contributed by atoms with van der Waals surface area (Å²) in [5.74, 6) is 4.55.